The first-order valence-electron chi connectivity index (χ1n) is 5.29. The molecule has 0 saturated heterocycles. The van der Waals surface area contributed by atoms with Crippen LogP contribution in [0.25, 0.3) is 0 Å². The zero-order valence-corrected chi connectivity index (χ0v) is 9.73. The molecule has 0 atom stereocenters. The van der Waals surface area contributed by atoms with Gasteiger partial charge in [-0.2, -0.15) is 0 Å². The molecule has 0 spiro atoms. The molecule has 5 heteroatoms. The number of hydrogen-bond donors (Lipinski definition) is 1. The summed E-state index contributed by atoms with van der Waals surface area (Å²) in [4.78, 5) is 12.4. The molecule has 0 saturated carbocycles. The van der Waals surface area contributed by atoms with Gasteiger partial charge in [0.1, 0.15) is 5.82 Å². The van der Waals surface area contributed by atoms with E-state index < -0.39 is 5.97 Å². The van der Waals surface area contributed by atoms with E-state index in [9.17, 15) is 9.18 Å². The third-order valence-electron chi connectivity index (χ3n) is 2.27. The van der Waals surface area contributed by atoms with Gasteiger partial charge in [-0.15, -0.1) is 0 Å². The van der Waals surface area contributed by atoms with Crippen LogP contribution in [0.2, 0.25) is 0 Å². The summed E-state index contributed by atoms with van der Waals surface area (Å²) in [5, 5.41) is 8.76. The summed E-state index contributed by atoms with van der Waals surface area (Å²) in [6, 6.07) is 6.15. The van der Waals surface area contributed by atoms with Gasteiger partial charge >= 0.3 is 5.97 Å². The van der Waals surface area contributed by atoms with Gasteiger partial charge in [0.15, 0.2) is 0 Å². The normalized spacial score (nSPS) is 10.8. The predicted molar refractivity (Wildman–Crippen MR) is 61.2 cm³/mol. The minimum atomic E-state index is -0.905. The van der Waals surface area contributed by atoms with Crippen molar-refractivity contribution in [3.05, 3.63) is 35.6 Å². The van der Waals surface area contributed by atoms with Crippen LogP contribution in [0.4, 0.5) is 4.39 Å². The molecule has 1 N–H and O–H groups in total. The van der Waals surface area contributed by atoms with E-state index in [-0.39, 0.29) is 12.4 Å². The third-order valence-corrected chi connectivity index (χ3v) is 2.27. The molecule has 94 valence electrons. The number of nitrogens with zero attached hydrogens (tertiary/aromatic N) is 1. The molecule has 0 bridgehead atoms. The Morgan fingerprint density at radius 2 is 2.29 bits per heavy atom. The first-order chi connectivity index (χ1) is 8.11. The number of aliphatic carboxylic acids is 1. The number of carboxylic acid groups (broad SMARTS) is 1. The number of carbonyl (C=O) groups is 1. The first kappa shape index (κ1) is 13.6. The first-order valence-corrected chi connectivity index (χ1v) is 5.29. The second-order valence-electron chi connectivity index (χ2n) is 3.73. The SMILES string of the molecule is COCCN(CC(=O)O)Cc1cccc(F)c1. The van der Waals surface area contributed by atoms with Crippen molar-refractivity contribution >= 4 is 5.97 Å². The molecule has 0 aliphatic carbocycles. The zero-order chi connectivity index (χ0) is 12.7. The van der Waals surface area contributed by atoms with E-state index in [4.69, 9.17) is 9.84 Å². The van der Waals surface area contributed by atoms with Crippen molar-refractivity contribution in [1.82, 2.24) is 4.90 Å². The molecule has 1 aromatic carbocycles. The van der Waals surface area contributed by atoms with Gasteiger partial charge in [-0.3, -0.25) is 9.69 Å². The van der Waals surface area contributed by atoms with Crippen LogP contribution in [-0.2, 0) is 16.1 Å². The Morgan fingerprint density at radius 3 is 2.88 bits per heavy atom. The summed E-state index contributed by atoms with van der Waals surface area (Å²) in [6.07, 6.45) is 0. The smallest absolute Gasteiger partial charge is 0.317 e. The van der Waals surface area contributed by atoms with Gasteiger partial charge in [-0.25, -0.2) is 4.39 Å². The molecule has 0 unspecified atom stereocenters. The van der Waals surface area contributed by atoms with Crippen molar-refractivity contribution in [2.45, 2.75) is 6.54 Å². The molecule has 1 aromatic rings. The molecule has 4 nitrogen and oxygen atoms in total. The fraction of sp³-hybridized carbons (Fsp3) is 0.417. The van der Waals surface area contributed by atoms with Crippen molar-refractivity contribution in [2.24, 2.45) is 0 Å². The average Bonchev–Trinajstić information content (AvgIpc) is 2.25. The lowest BCUT2D eigenvalue weighted by Crippen LogP contribution is -2.32. The highest BCUT2D eigenvalue weighted by atomic mass is 19.1. The van der Waals surface area contributed by atoms with Crippen molar-refractivity contribution in [3.63, 3.8) is 0 Å². The Morgan fingerprint density at radius 1 is 1.53 bits per heavy atom. The maximum Gasteiger partial charge on any atom is 0.317 e. The lowest BCUT2D eigenvalue weighted by atomic mass is 10.2. The van der Waals surface area contributed by atoms with Crippen LogP contribution in [0.1, 0.15) is 5.56 Å². The van der Waals surface area contributed by atoms with Gasteiger partial charge in [-0.05, 0) is 17.7 Å². The maximum atomic E-state index is 13.0. The monoisotopic (exact) mass is 241 g/mol. The molecule has 0 aliphatic heterocycles. The van der Waals surface area contributed by atoms with E-state index in [1.807, 2.05) is 0 Å². The standard InChI is InChI=1S/C12H16FNO3/c1-17-6-5-14(9-12(15)16)8-10-3-2-4-11(13)7-10/h2-4,7H,5-6,8-9H2,1H3,(H,15,16). The summed E-state index contributed by atoms with van der Waals surface area (Å²) in [5.41, 5.74) is 0.752. The molecule has 0 aliphatic rings. The van der Waals surface area contributed by atoms with Crippen LogP contribution < -0.4 is 0 Å². The van der Waals surface area contributed by atoms with Crippen LogP contribution in [0.15, 0.2) is 24.3 Å². The highest BCUT2D eigenvalue weighted by Crippen LogP contribution is 2.07. The van der Waals surface area contributed by atoms with Gasteiger partial charge in [0.05, 0.1) is 13.2 Å². The van der Waals surface area contributed by atoms with Crippen molar-refractivity contribution < 1.29 is 19.0 Å². The van der Waals surface area contributed by atoms with E-state index in [0.717, 1.165) is 5.56 Å². The van der Waals surface area contributed by atoms with E-state index >= 15 is 0 Å². The molecule has 0 fully saturated rings. The number of methoxy groups -OCH3 is 1. The average molecular weight is 241 g/mol. The van der Waals surface area contributed by atoms with Gasteiger partial charge in [0.2, 0.25) is 0 Å². The number of hydrogen-bond acceptors (Lipinski definition) is 3. The largest absolute Gasteiger partial charge is 0.480 e. The molecule has 0 heterocycles. The third kappa shape index (κ3) is 5.42. The lowest BCUT2D eigenvalue weighted by Gasteiger charge is -2.19. The lowest BCUT2D eigenvalue weighted by molar-refractivity contribution is -0.138. The second kappa shape index (κ2) is 6.98. The Bertz CT molecular complexity index is 371. The van der Waals surface area contributed by atoms with E-state index in [1.54, 1.807) is 24.1 Å². The van der Waals surface area contributed by atoms with Gasteiger partial charge in [0, 0.05) is 20.2 Å². The van der Waals surface area contributed by atoms with E-state index in [1.165, 1.54) is 12.1 Å². The zero-order valence-electron chi connectivity index (χ0n) is 9.73. The highest BCUT2D eigenvalue weighted by Gasteiger charge is 2.10. The summed E-state index contributed by atoms with van der Waals surface area (Å²) in [7, 11) is 1.56. The molecular weight excluding hydrogens is 225 g/mol. The molecule has 0 radical (unpaired) electrons. The Hall–Kier alpha value is -1.46. The molecule has 17 heavy (non-hydrogen) atoms. The van der Waals surface area contributed by atoms with Gasteiger partial charge in [-0.1, -0.05) is 12.1 Å². The fourth-order valence-electron chi connectivity index (χ4n) is 1.52. The summed E-state index contributed by atoms with van der Waals surface area (Å²) in [6.45, 7) is 1.26. The summed E-state index contributed by atoms with van der Waals surface area (Å²) in [5.74, 6) is -1.22. The molecular formula is C12H16FNO3. The quantitative estimate of drug-likeness (QED) is 0.783. The fourth-order valence-corrected chi connectivity index (χ4v) is 1.52. The Balaban J connectivity index is 2.61. The number of rotatable bonds is 7. The minimum absolute atomic E-state index is 0.0835. The summed E-state index contributed by atoms with van der Waals surface area (Å²) < 4.78 is 17.9. The Labute approximate surface area is 99.6 Å². The molecule has 1 rings (SSSR count). The second-order valence-corrected chi connectivity index (χ2v) is 3.73. The van der Waals surface area contributed by atoms with Crippen LogP contribution in [-0.4, -0.2) is 42.8 Å². The topological polar surface area (TPSA) is 49.8 Å². The van der Waals surface area contributed by atoms with E-state index in [2.05, 4.69) is 0 Å². The van der Waals surface area contributed by atoms with Crippen LogP contribution in [0.5, 0.6) is 0 Å². The van der Waals surface area contributed by atoms with Crippen molar-refractivity contribution in [2.75, 3.05) is 26.8 Å². The number of ether oxygens (including phenoxy) is 1. The highest BCUT2D eigenvalue weighted by molar-refractivity contribution is 5.69. The maximum absolute atomic E-state index is 13.0. The van der Waals surface area contributed by atoms with Crippen molar-refractivity contribution in [1.29, 1.82) is 0 Å². The molecule has 0 aromatic heterocycles. The predicted octanol–water partition coefficient (Wildman–Crippen LogP) is 1.36. The molecule has 0 amide bonds. The van der Waals surface area contributed by atoms with Crippen molar-refractivity contribution in [3.8, 4) is 0 Å². The number of carboxylic acids is 1. The van der Waals surface area contributed by atoms with Crippen LogP contribution >= 0.6 is 0 Å². The van der Waals surface area contributed by atoms with Gasteiger partial charge < -0.3 is 9.84 Å². The number of benzene rings is 1. The van der Waals surface area contributed by atoms with Gasteiger partial charge in [0.25, 0.3) is 0 Å². The van der Waals surface area contributed by atoms with Crippen LogP contribution in [0, 0.1) is 5.82 Å². The van der Waals surface area contributed by atoms with Crippen LogP contribution in [0.3, 0.4) is 0 Å². The Kier molecular flexibility index (Phi) is 5.59. The minimum Gasteiger partial charge on any atom is -0.480 e. The number of halogens is 1. The summed E-state index contributed by atoms with van der Waals surface area (Å²) >= 11 is 0. The van der Waals surface area contributed by atoms with E-state index in [0.29, 0.717) is 19.7 Å².